The number of thioether (sulfide) groups is 1. The molecule has 0 radical (unpaired) electrons. The number of para-hydroxylation sites is 1. The summed E-state index contributed by atoms with van der Waals surface area (Å²) >= 11 is 1.37. The Kier molecular flexibility index (Phi) is 4.92. The van der Waals surface area contributed by atoms with Crippen molar-refractivity contribution in [2.45, 2.75) is 31.0 Å². The summed E-state index contributed by atoms with van der Waals surface area (Å²) in [7, 11) is 0. The quantitative estimate of drug-likeness (QED) is 0.364. The highest BCUT2D eigenvalue weighted by Gasteiger charge is 2.28. The molecule has 0 bridgehead atoms. The molecule has 1 atom stereocenters. The van der Waals surface area contributed by atoms with Gasteiger partial charge in [0.15, 0.2) is 16.6 Å². The zero-order valence-corrected chi connectivity index (χ0v) is 17.3. The normalized spacial score (nSPS) is 16.0. The SMILES string of the molecule is CCc1nc2c3ccccc3nc(SCC(=O)N3N=CCC3c3ccccc3)n2n1. The van der Waals surface area contributed by atoms with E-state index in [0.29, 0.717) is 5.16 Å². The van der Waals surface area contributed by atoms with Gasteiger partial charge in [-0.3, -0.25) is 4.79 Å². The van der Waals surface area contributed by atoms with Crippen molar-refractivity contribution in [3.8, 4) is 0 Å². The van der Waals surface area contributed by atoms with Crippen LogP contribution in [-0.4, -0.2) is 42.5 Å². The van der Waals surface area contributed by atoms with Crippen LogP contribution in [0.1, 0.15) is 30.8 Å². The molecule has 2 aromatic carbocycles. The number of hydrogen-bond donors (Lipinski definition) is 0. The van der Waals surface area contributed by atoms with Crippen molar-refractivity contribution in [1.29, 1.82) is 0 Å². The number of amides is 1. The molecule has 150 valence electrons. The maximum Gasteiger partial charge on any atom is 0.253 e. The molecule has 3 heterocycles. The molecule has 0 fully saturated rings. The van der Waals surface area contributed by atoms with Crippen molar-refractivity contribution in [2.75, 3.05) is 5.75 Å². The summed E-state index contributed by atoms with van der Waals surface area (Å²) in [4.78, 5) is 22.4. The standard InChI is InChI=1S/C22H20N6OS/c1-2-19-25-21-16-10-6-7-11-17(16)24-22(28(21)26-19)30-14-20(29)27-18(12-13-23-27)15-8-4-3-5-9-15/h3-11,13,18H,2,12,14H2,1H3. The van der Waals surface area contributed by atoms with Crippen LogP contribution in [0, 0.1) is 0 Å². The van der Waals surface area contributed by atoms with Gasteiger partial charge in [0.2, 0.25) is 0 Å². The number of nitrogens with zero attached hydrogens (tertiary/aromatic N) is 6. The minimum atomic E-state index is -0.0541. The second-order valence-electron chi connectivity index (χ2n) is 7.02. The van der Waals surface area contributed by atoms with Gasteiger partial charge >= 0.3 is 0 Å². The third kappa shape index (κ3) is 3.33. The Balaban J connectivity index is 1.42. The summed E-state index contributed by atoms with van der Waals surface area (Å²) in [5.74, 6) is 0.929. The highest BCUT2D eigenvalue weighted by molar-refractivity contribution is 7.99. The van der Waals surface area contributed by atoms with Crippen LogP contribution in [0.4, 0.5) is 0 Å². The number of rotatable bonds is 5. The second kappa shape index (κ2) is 7.87. The fourth-order valence-electron chi connectivity index (χ4n) is 3.61. The van der Waals surface area contributed by atoms with Crippen LogP contribution in [-0.2, 0) is 11.2 Å². The molecule has 0 saturated heterocycles. The molecule has 5 rings (SSSR count). The van der Waals surface area contributed by atoms with Gasteiger partial charge in [-0.05, 0) is 17.7 Å². The van der Waals surface area contributed by atoms with Gasteiger partial charge in [-0.15, -0.1) is 5.10 Å². The Hall–Kier alpha value is -3.26. The molecular weight excluding hydrogens is 396 g/mol. The van der Waals surface area contributed by atoms with E-state index in [9.17, 15) is 4.79 Å². The molecule has 30 heavy (non-hydrogen) atoms. The third-order valence-electron chi connectivity index (χ3n) is 5.10. The molecule has 2 aromatic heterocycles. The number of benzene rings is 2. The summed E-state index contributed by atoms with van der Waals surface area (Å²) in [5, 5.41) is 12.1. The molecular formula is C22H20N6OS. The van der Waals surface area contributed by atoms with Gasteiger partial charge in [0.1, 0.15) is 0 Å². The van der Waals surface area contributed by atoms with Gasteiger partial charge in [0.05, 0.1) is 17.3 Å². The zero-order chi connectivity index (χ0) is 20.5. The zero-order valence-electron chi connectivity index (χ0n) is 16.5. The lowest BCUT2D eigenvalue weighted by molar-refractivity contribution is -0.130. The first-order valence-electron chi connectivity index (χ1n) is 9.91. The van der Waals surface area contributed by atoms with E-state index in [1.807, 2.05) is 61.5 Å². The number of aryl methyl sites for hydroxylation is 1. The van der Waals surface area contributed by atoms with Crippen LogP contribution in [0.15, 0.2) is 64.9 Å². The van der Waals surface area contributed by atoms with Gasteiger partial charge in [-0.25, -0.2) is 15.0 Å². The van der Waals surface area contributed by atoms with Crippen LogP contribution >= 0.6 is 11.8 Å². The van der Waals surface area contributed by atoms with Gasteiger partial charge in [-0.1, -0.05) is 61.2 Å². The number of carbonyl (C=O) groups excluding carboxylic acids is 1. The van der Waals surface area contributed by atoms with Crippen molar-refractivity contribution in [2.24, 2.45) is 5.10 Å². The van der Waals surface area contributed by atoms with E-state index in [-0.39, 0.29) is 17.7 Å². The Morgan fingerprint density at radius 3 is 2.73 bits per heavy atom. The monoisotopic (exact) mass is 416 g/mol. The van der Waals surface area contributed by atoms with Gasteiger partial charge in [-0.2, -0.15) is 9.62 Å². The van der Waals surface area contributed by atoms with Crippen molar-refractivity contribution in [1.82, 2.24) is 24.6 Å². The van der Waals surface area contributed by atoms with Crippen LogP contribution in [0.25, 0.3) is 16.6 Å². The van der Waals surface area contributed by atoms with Crippen molar-refractivity contribution in [3.05, 3.63) is 66.0 Å². The topological polar surface area (TPSA) is 75.8 Å². The van der Waals surface area contributed by atoms with Crippen LogP contribution < -0.4 is 0 Å². The molecule has 7 nitrogen and oxygen atoms in total. The predicted molar refractivity (Wildman–Crippen MR) is 118 cm³/mol. The van der Waals surface area contributed by atoms with Crippen LogP contribution in [0.3, 0.4) is 0 Å². The van der Waals surface area contributed by atoms with Crippen molar-refractivity contribution < 1.29 is 4.79 Å². The molecule has 1 unspecified atom stereocenters. The largest absolute Gasteiger partial charge is 0.272 e. The first-order valence-corrected chi connectivity index (χ1v) is 10.9. The summed E-state index contributed by atoms with van der Waals surface area (Å²) in [6, 6.07) is 17.8. The van der Waals surface area contributed by atoms with E-state index >= 15 is 0 Å². The molecule has 8 heteroatoms. The number of carbonyl (C=O) groups is 1. The maximum atomic E-state index is 13.0. The maximum absolute atomic E-state index is 13.0. The average molecular weight is 417 g/mol. The second-order valence-corrected chi connectivity index (χ2v) is 7.96. The lowest BCUT2D eigenvalue weighted by atomic mass is 10.0. The molecule has 0 saturated carbocycles. The van der Waals surface area contributed by atoms with Crippen LogP contribution in [0.2, 0.25) is 0 Å². The smallest absolute Gasteiger partial charge is 0.253 e. The van der Waals surface area contributed by atoms with Crippen molar-refractivity contribution >= 4 is 40.4 Å². The van der Waals surface area contributed by atoms with Gasteiger partial charge in [0.25, 0.3) is 5.91 Å². The van der Waals surface area contributed by atoms with E-state index in [1.54, 1.807) is 15.7 Å². The Morgan fingerprint density at radius 1 is 1.10 bits per heavy atom. The van der Waals surface area contributed by atoms with Gasteiger partial charge in [0, 0.05) is 24.4 Å². The number of fused-ring (bicyclic) bond motifs is 3. The molecule has 0 spiro atoms. The molecule has 0 aliphatic carbocycles. The van der Waals surface area contributed by atoms with E-state index < -0.39 is 0 Å². The van der Waals surface area contributed by atoms with E-state index in [4.69, 9.17) is 4.98 Å². The summed E-state index contributed by atoms with van der Waals surface area (Å²) in [6.07, 6.45) is 3.26. The van der Waals surface area contributed by atoms with E-state index in [2.05, 4.69) is 15.2 Å². The lowest BCUT2D eigenvalue weighted by Crippen LogP contribution is -2.28. The highest BCUT2D eigenvalue weighted by Crippen LogP contribution is 2.30. The first-order chi connectivity index (χ1) is 14.7. The third-order valence-corrected chi connectivity index (χ3v) is 6.02. The van der Waals surface area contributed by atoms with Gasteiger partial charge < -0.3 is 0 Å². The molecule has 1 aliphatic rings. The Morgan fingerprint density at radius 2 is 1.90 bits per heavy atom. The number of hydrogen-bond acceptors (Lipinski definition) is 6. The Bertz CT molecular complexity index is 1250. The summed E-state index contributed by atoms with van der Waals surface area (Å²) in [5.41, 5.74) is 2.70. The number of hydrazone groups is 1. The summed E-state index contributed by atoms with van der Waals surface area (Å²) < 4.78 is 1.75. The van der Waals surface area contributed by atoms with Crippen molar-refractivity contribution in [3.63, 3.8) is 0 Å². The average Bonchev–Trinajstić information content (AvgIpc) is 3.45. The molecule has 1 aliphatic heterocycles. The summed E-state index contributed by atoms with van der Waals surface area (Å²) in [6.45, 7) is 2.02. The highest BCUT2D eigenvalue weighted by atomic mass is 32.2. The fourth-order valence-corrected chi connectivity index (χ4v) is 4.41. The molecule has 0 N–H and O–H groups in total. The molecule has 4 aromatic rings. The predicted octanol–water partition coefficient (Wildman–Crippen LogP) is 3.89. The molecule has 1 amide bonds. The Labute approximate surface area is 177 Å². The van der Waals surface area contributed by atoms with E-state index in [0.717, 1.165) is 40.8 Å². The lowest BCUT2D eigenvalue weighted by Gasteiger charge is -2.22. The number of aromatic nitrogens is 4. The van der Waals surface area contributed by atoms with E-state index in [1.165, 1.54) is 11.8 Å². The minimum absolute atomic E-state index is 0.0538. The first kappa shape index (κ1) is 18.7. The minimum Gasteiger partial charge on any atom is -0.272 e. The fraction of sp³-hybridized carbons (Fsp3) is 0.227. The van der Waals surface area contributed by atoms with Crippen LogP contribution in [0.5, 0.6) is 0 Å².